The van der Waals surface area contributed by atoms with Crippen molar-refractivity contribution in [2.75, 3.05) is 17.8 Å². The van der Waals surface area contributed by atoms with Crippen LogP contribution in [0.2, 0.25) is 0 Å². The number of hydrogen-bond donors (Lipinski definition) is 1. The van der Waals surface area contributed by atoms with Crippen molar-refractivity contribution in [2.45, 2.75) is 25.5 Å². The van der Waals surface area contributed by atoms with Crippen LogP contribution in [0.15, 0.2) is 23.4 Å². The Morgan fingerprint density at radius 3 is 2.90 bits per heavy atom. The van der Waals surface area contributed by atoms with Gasteiger partial charge in [-0.1, -0.05) is 24.8 Å². The SMILES string of the molecule is CSCC(C)Cn1c(SCC(=O)O)nc2ccc(C)cc21. The molecule has 0 fully saturated rings. The van der Waals surface area contributed by atoms with Crippen molar-refractivity contribution in [1.82, 2.24) is 9.55 Å². The van der Waals surface area contributed by atoms with Gasteiger partial charge in [-0.25, -0.2) is 4.98 Å². The van der Waals surface area contributed by atoms with Gasteiger partial charge >= 0.3 is 5.97 Å². The minimum Gasteiger partial charge on any atom is -0.481 e. The molecule has 4 nitrogen and oxygen atoms in total. The van der Waals surface area contributed by atoms with E-state index in [1.54, 1.807) is 0 Å². The lowest BCUT2D eigenvalue weighted by atomic mass is 10.2. The van der Waals surface area contributed by atoms with E-state index in [-0.39, 0.29) is 5.75 Å². The van der Waals surface area contributed by atoms with E-state index in [4.69, 9.17) is 5.11 Å². The van der Waals surface area contributed by atoms with Crippen molar-refractivity contribution in [1.29, 1.82) is 0 Å². The van der Waals surface area contributed by atoms with E-state index in [1.807, 2.05) is 23.9 Å². The van der Waals surface area contributed by atoms with Crippen molar-refractivity contribution in [3.8, 4) is 0 Å². The van der Waals surface area contributed by atoms with Gasteiger partial charge in [0.05, 0.1) is 16.8 Å². The average Bonchev–Trinajstić information content (AvgIpc) is 2.74. The summed E-state index contributed by atoms with van der Waals surface area (Å²) >= 11 is 3.12. The predicted octanol–water partition coefficient (Wildman–Crippen LogP) is 3.52. The van der Waals surface area contributed by atoms with Crippen molar-refractivity contribution in [2.24, 2.45) is 5.92 Å². The number of aliphatic carboxylic acids is 1. The van der Waals surface area contributed by atoms with Gasteiger partial charge < -0.3 is 9.67 Å². The number of carboxylic acids is 1. The van der Waals surface area contributed by atoms with Gasteiger partial charge in [0.15, 0.2) is 5.16 Å². The number of aromatic nitrogens is 2. The number of thioether (sulfide) groups is 2. The number of fused-ring (bicyclic) bond motifs is 1. The molecule has 0 aliphatic carbocycles. The van der Waals surface area contributed by atoms with Crippen molar-refractivity contribution in [3.05, 3.63) is 23.8 Å². The molecule has 1 unspecified atom stereocenters. The Hall–Kier alpha value is -1.14. The van der Waals surface area contributed by atoms with Crippen LogP contribution in [0.25, 0.3) is 11.0 Å². The molecule has 1 heterocycles. The Bertz CT molecular complexity index is 640. The second kappa shape index (κ2) is 7.22. The molecule has 0 aliphatic rings. The molecule has 2 rings (SSSR count). The lowest BCUT2D eigenvalue weighted by Gasteiger charge is -2.14. The smallest absolute Gasteiger partial charge is 0.313 e. The van der Waals surface area contributed by atoms with Crippen LogP contribution < -0.4 is 0 Å². The van der Waals surface area contributed by atoms with E-state index in [1.165, 1.54) is 17.3 Å². The van der Waals surface area contributed by atoms with Gasteiger partial charge in [-0.15, -0.1) is 0 Å². The lowest BCUT2D eigenvalue weighted by Crippen LogP contribution is -2.11. The maximum Gasteiger partial charge on any atom is 0.313 e. The number of nitrogens with zero attached hydrogens (tertiary/aromatic N) is 2. The number of aryl methyl sites for hydroxylation is 1. The third kappa shape index (κ3) is 4.17. The standard InChI is InChI=1S/C15H20N2O2S2/c1-10-4-5-12-13(6-10)17(7-11(2)8-20-3)15(16-12)21-9-14(18)19/h4-6,11H,7-9H2,1-3H3,(H,18,19). The first-order chi connectivity index (χ1) is 10.0. The number of carboxylic acid groups (broad SMARTS) is 1. The monoisotopic (exact) mass is 324 g/mol. The van der Waals surface area contributed by atoms with Gasteiger partial charge in [0.2, 0.25) is 0 Å². The first kappa shape index (κ1) is 16.2. The summed E-state index contributed by atoms with van der Waals surface area (Å²) in [7, 11) is 0. The summed E-state index contributed by atoms with van der Waals surface area (Å²) in [4.78, 5) is 15.4. The van der Waals surface area contributed by atoms with Crippen LogP contribution in [0.4, 0.5) is 0 Å². The molecule has 1 N–H and O–H groups in total. The first-order valence-electron chi connectivity index (χ1n) is 6.81. The molecule has 1 aromatic carbocycles. The van der Waals surface area contributed by atoms with Crippen LogP contribution in [-0.2, 0) is 11.3 Å². The van der Waals surface area contributed by atoms with Crippen LogP contribution in [0.5, 0.6) is 0 Å². The van der Waals surface area contributed by atoms with Crippen LogP contribution in [0, 0.1) is 12.8 Å². The zero-order chi connectivity index (χ0) is 15.4. The minimum atomic E-state index is -0.813. The van der Waals surface area contributed by atoms with Crippen molar-refractivity contribution in [3.63, 3.8) is 0 Å². The van der Waals surface area contributed by atoms with E-state index >= 15 is 0 Å². The molecule has 1 atom stereocenters. The maximum absolute atomic E-state index is 10.8. The molecule has 1 aromatic heterocycles. The Morgan fingerprint density at radius 1 is 1.48 bits per heavy atom. The quantitative estimate of drug-likeness (QED) is 0.790. The summed E-state index contributed by atoms with van der Waals surface area (Å²) in [6.45, 7) is 5.14. The lowest BCUT2D eigenvalue weighted by molar-refractivity contribution is -0.133. The highest BCUT2D eigenvalue weighted by Gasteiger charge is 2.15. The van der Waals surface area contributed by atoms with Crippen LogP contribution in [0.3, 0.4) is 0 Å². The second-order valence-corrected chi connectivity index (χ2v) is 7.09. The van der Waals surface area contributed by atoms with Crippen molar-refractivity contribution < 1.29 is 9.90 Å². The van der Waals surface area contributed by atoms with E-state index in [9.17, 15) is 4.79 Å². The molecule has 21 heavy (non-hydrogen) atoms. The normalized spacial score (nSPS) is 12.7. The van der Waals surface area contributed by atoms with Gasteiger partial charge in [0.25, 0.3) is 0 Å². The maximum atomic E-state index is 10.8. The molecule has 0 aliphatic heterocycles. The van der Waals surface area contributed by atoms with Gasteiger partial charge in [0.1, 0.15) is 0 Å². The summed E-state index contributed by atoms with van der Waals surface area (Å²) in [6, 6.07) is 6.17. The van der Waals surface area contributed by atoms with Crippen LogP contribution in [0.1, 0.15) is 12.5 Å². The topological polar surface area (TPSA) is 55.1 Å². The molecule has 0 bridgehead atoms. The molecule has 0 saturated carbocycles. The molecular formula is C15H20N2O2S2. The van der Waals surface area contributed by atoms with E-state index < -0.39 is 5.97 Å². The van der Waals surface area contributed by atoms with E-state index in [0.717, 1.165) is 28.5 Å². The number of carbonyl (C=O) groups is 1. The van der Waals surface area contributed by atoms with Crippen LogP contribution >= 0.6 is 23.5 Å². The third-order valence-corrected chi connectivity index (χ3v) is 5.00. The van der Waals surface area contributed by atoms with Gasteiger partial charge in [-0.2, -0.15) is 11.8 Å². The average molecular weight is 324 g/mol. The Labute approximate surface area is 133 Å². The summed E-state index contributed by atoms with van der Waals surface area (Å²) in [5, 5.41) is 9.69. The first-order valence-corrected chi connectivity index (χ1v) is 9.19. The van der Waals surface area contributed by atoms with E-state index in [2.05, 4.69) is 35.7 Å². The number of benzene rings is 1. The van der Waals surface area contributed by atoms with Gasteiger partial charge in [-0.05, 0) is 42.5 Å². The van der Waals surface area contributed by atoms with Gasteiger partial charge in [0, 0.05) is 6.54 Å². The molecule has 6 heteroatoms. The zero-order valence-electron chi connectivity index (χ0n) is 12.5. The van der Waals surface area contributed by atoms with Gasteiger partial charge in [-0.3, -0.25) is 4.79 Å². The second-order valence-electron chi connectivity index (χ2n) is 5.24. The molecule has 0 amide bonds. The molecule has 0 spiro atoms. The fraction of sp³-hybridized carbons (Fsp3) is 0.467. The molecule has 2 aromatic rings. The highest BCUT2D eigenvalue weighted by atomic mass is 32.2. The summed E-state index contributed by atoms with van der Waals surface area (Å²) in [5.41, 5.74) is 3.22. The summed E-state index contributed by atoms with van der Waals surface area (Å²) in [5.74, 6) is 0.822. The third-order valence-electron chi connectivity index (χ3n) is 3.14. The Kier molecular flexibility index (Phi) is 5.58. The number of rotatable bonds is 7. The zero-order valence-corrected chi connectivity index (χ0v) is 14.1. The molecule has 0 saturated heterocycles. The highest BCUT2D eigenvalue weighted by Crippen LogP contribution is 2.26. The highest BCUT2D eigenvalue weighted by molar-refractivity contribution is 7.99. The fourth-order valence-corrected chi connectivity index (χ4v) is 3.69. The predicted molar refractivity (Wildman–Crippen MR) is 90.4 cm³/mol. The summed E-state index contributed by atoms with van der Waals surface area (Å²) < 4.78 is 2.16. The largest absolute Gasteiger partial charge is 0.481 e. The Balaban J connectivity index is 2.37. The number of imidazole rings is 1. The Morgan fingerprint density at radius 2 is 2.24 bits per heavy atom. The van der Waals surface area contributed by atoms with Crippen molar-refractivity contribution >= 4 is 40.5 Å². The molecule has 0 radical (unpaired) electrons. The fourth-order valence-electron chi connectivity index (χ4n) is 2.27. The molecular weight excluding hydrogens is 304 g/mol. The van der Waals surface area contributed by atoms with E-state index in [0.29, 0.717) is 5.92 Å². The minimum absolute atomic E-state index is 0.0409. The van der Waals surface area contributed by atoms with Crippen LogP contribution in [-0.4, -0.2) is 38.4 Å². The molecule has 114 valence electrons. The number of hydrogen-bond acceptors (Lipinski definition) is 4. The summed E-state index contributed by atoms with van der Waals surface area (Å²) in [6.07, 6.45) is 2.10.